The summed E-state index contributed by atoms with van der Waals surface area (Å²) in [6.07, 6.45) is 4.89. The largest absolute Gasteiger partial charge is 0.389 e. The van der Waals surface area contributed by atoms with E-state index >= 15 is 0 Å². The van der Waals surface area contributed by atoms with Gasteiger partial charge in [-0.25, -0.2) is 0 Å². The topological polar surface area (TPSA) is 20.2 Å². The molecule has 0 aromatic rings. The lowest BCUT2D eigenvalue weighted by atomic mass is 9.73. The highest BCUT2D eigenvalue weighted by molar-refractivity contribution is 5.17. The molecule has 3 unspecified atom stereocenters. The van der Waals surface area contributed by atoms with E-state index in [1.807, 2.05) is 0 Å². The highest BCUT2D eigenvalue weighted by atomic mass is 16.3. The molecule has 0 heterocycles. The molecule has 1 N–H and O–H groups in total. The zero-order chi connectivity index (χ0) is 11.7. The van der Waals surface area contributed by atoms with Crippen LogP contribution in [0.2, 0.25) is 0 Å². The van der Waals surface area contributed by atoms with Gasteiger partial charge in [0.15, 0.2) is 0 Å². The second-order valence-corrected chi connectivity index (χ2v) is 7.47. The van der Waals surface area contributed by atoms with Crippen LogP contribution < -0.4 is 0 Å². The van der Waals surface area contributed by atoms with E-state index in [0.717, 1.165) is 24.2 Å². The van der Waals surface area contributed by atoms with Gasteiger partial charge in [-0.3, -0.25) is 0 Å². The minimum Gasteiger partial charge on any atom is -0.389 e. The Bertz CT molecular complexity index is 309. The normalized spacial score (nSPS) is 58.7. The van der Waals surface area contributed by atoms with Gasteiger partial charge >= 0.3 is 0 Å². The second kappa shape index (κ2) is 3.04. The third-order valence-corrected chi connectivity index (χ3v) is 6.48. The molecule has 3 saturated carbocycles. The Kier molecular flexibility index (Phi) is 2.11. The molecule has 0 saturated heterocycles. The van der Waals surface area contributed by atoms with E-state index in [0.29, 0.717) is 17.3 Å². The Balaban J connectivity index is 1.98. The minimum atomic E-state index is -0.327. The van der Waals surface area contributed by atoms with E-state index < -0.39 is 0 Å². The number of rotatable bonds is 0. The lowest BCUT2D eigenvalue weighted by molar-refractivity contribution is -0.0624. The van der Waals surface area contributed by atoms with Gasteiger partial charge in [0.2, 0.25) is 0 Å². The molecule has 3 fully saturated rings. The summed E-state index contributed by atoms with van der Waals surface area (Å²) in [5, 5.41) is 11.1. The van der Waals surface area contributed by atoms with Crippen LogP contribution in [0.1, 0.15) is 53.4 Å². The van der Waals surface area contributed by atoms with Crippen molar-refractivity contribution in [3.05, 3.63) is 0 Å². The summed E-state index contributed by atoms with van der Waals surface area (Å²) < 4.78 is 0. The molecule has 3 aliphatic carbocycles. The number of fused-ring (bicyclic) bond motifs is 3. The van der Waals surface area contributed by atoms with Crippen molar-refractivity contribution < 1.29 is 5.11 Å². The first kappa shape index (κ1) is 11.1. The zero-order valence-electron chi connectivity index (χ0n) is 11.2. The van der Waals surface area contributed by atoms with E-state index in [1.54, 1.807) is 0 Å². The van der Waals surface area contributed by atoms with Gasteiger partial charge in [0.1, 0.15) is 0 Å². The monoisotopic (exact) mass is 222 g/mol. The van der Waals surface area contributed by atoms with Crippen LogP contribution in [0, 0.1) is 35.0 Å². The molecule has 92 valence electrons. The average Bonchev–Trinajstić information content (AvgIpc) is 2.64. The maximum absolute atomic E-state index is 11.1. The van der Waals surface area contributed by atoms with E-state index in [9.17, 15) is 5.11 Å². The van der Waals surface area contributed by atoms with Crippen LogP contribution in [0.4, 0.5) is 0 Å². The maximum atomic E-state index is 11.1. The molecule has 0 radical (unpaired) electrons. The fourth-order valence-corrected chi connectivity index (χ4v) is 5.27. The Morgan fingerprint density at radius 1 is 1.00 bits per heavy atom. The molecule has 3 rings (SSSR count). The Hall–Kier alpha value is -0.0400. The highest BCUT2D eigenvalue weighted by Crippen LogP contribution is 2.71. The van der Waals surface area contributed by atoms with Crippen LogP contribution in [0.3, 0.4) is 0 Å². The number of hydrogen-bond acceptors (Lipinski definition) is 1. The quantitative estimate of drug-likeness (QED) is 0.665. The van der Waals surface area contributed by atoms with Crippen LogP contribution in [0.25, 0.3) is 0 Å². The maximum Gasteiger partial charge on any atom is 0.0706 e. The fourth-order valence-electron chi connectivity index (χ4n) is 5.27. The Labute approximate surface area is 99.6 Å². The lowest BCUT2D eigenvalue weighted by Gasteiger charge is -2.37. The first-order valence-electron chi connectivity index (χ1n) is 7.11. The molecule has 0 spiro atoms. The summed E-state index contributed by atoms with van der Waals surface area (Å²) in [5.41, 5.74) is 0.185. The van der Waals surface area contributed by atoms with Crippen molar-refractivity contribution in [1.82, 2.24) is 0 Å². The standard InChI is InChI=1S/C15H26O/c1-9-7-8-15(16)10(2)5-6-11-13(12(9)15)14(11,3)4/h9-13,16H,5-8H2,1-4H3/t9?,10?,11-,12?,13-,15-/m1/s1. The van der Waals surface area contributed by atoms with Gasteiger partial charge in [-0.05, 0) is 60.7 Å². The molecule has 6 atom stereocenters. The van der Waals surface area contributed by atoms with Gasteiger partial charge in [-0.1, -0.05) is 27.7 Å². The Morgan fingerprint density at radius 3 is 2.38 bits per heavy atom. The van der Waals surface area contributed by atoms with E-state index in [4.69, 9.17) is 0 Å². The van der Waals surface area contributed by atoms with Crippen molar-refractivity contribution in [2.45, 2.75) is 59.0 Å². The summed E-state index contributed by atoms with van der Waals surface area (Å²) in [6.45, 7) is 9.49. The molecule has 0 aromatic carbocycles. The first-order chi connectivity index (χ1) is 7.39. The third-order valence-electron chi connectivity index (χ3n) is 6.48. The third kappa shape index (κ3) is 1.16. The number of hydrogen-bond donors (Lipinski definition) is 1. The van der Waals surface area contributed by atoms with E-state index in [-0.39, 0.29) is 5.60 Å². The molecular formula is C15H26O. The summed E-state index contributed by atoms with van der Waals surface area (Å²) in [4.78, 5) is 0. The minimum absolute atomic E-state index is 0.327. The van der Waals surface area contributed by atoms with Crippen molar-refractivity contribution in [2.24, 2.45) is 35.0 Å². The van der Waals surface area contributed by atoms with Crippen molar-refractivity contribution in [3.63, 3.8) is 0 Å². The van der Waals surface area contributed by atoms with E-state index in [1.165, 1.54) is 19.3 Å². The lowest BCUT2D eigenvalue weighted by Crippen LogP contribution is -2.42. The van der Waals surface area contributed by atoms with Gasteiger partial charge in [0.05, 0.1) is 5.60 Å². The second-order valence-electron chi connectivity index (χ2n) is 7.47. The molecule has 1 nitrogen and oxygen atoms in total. The van der Waals surface area contributed by atoms with Crippen molar-refractivity contribution >= 4 is 0 Å². The molecule has 0 aromatic heterocycles. The molecule has 1 heteroatoms. The van der Waals surface area contributed by atoms with Crippen LogP contribution >= 0.6 is 0 Å². The predicted molar refractivity (Wildman–Crippen MR) is 66.0 cm³/mol. The van der Waals surface area contributed by atoms with Crippen molar-refractivity contribution in [3.8, 4) is 0 Å². The molecule has 0 bridgehead atoms. The molecular weight excluding hydrogens is 196 g/mol. The summed E-state index contributed by atoms with van der Waals surface area (Å²) in [6, 6.07) is 0. The Morgan fingerprint density at radius 2 is 1.69 bits per heavy atom. The van der Waals surface area contributed by atoms with Crippen LogP contribution in [0.5, 0.6) is 0 Å². The zero-order valence-corrected chi connectivity index (χ0v) is 11.2. The molecule has 0 amide bonds. The number of aliphatic hydroxyl groups is 1. The van der Waals surface area contributed by atoms with Crippen molar-refractivity contribution in [1.29, 1.82) is 0 Å². The average molecular weight is 222 g/mol. The molecule has 3 aliphatic rings. The van der Waals surface area contributed by atoms with Gasteiger partial charge in [0.25, 0.3) is 0 Å². The van der Waals surface area contributed by atoms with Gasteiger partial charge in [0, 0.05) is 0 Å². The smallest absolute Gasteiger partial charge is 0.0706 e. The van der Waals surface area contributed by atoms with Gasteiger partial charge in [-0.2, -0.15) is 0 Å². The van der Waals surface area contributed by atoms with Crippen molar-refractivity contribution in [2.75, 3.05) is 0 Å². The summed E-state index contributed by atoms with van der Waals surface area (Å²) >= 11 is 0. The molecule has 0 aliphatic heterocycles. The van der Waals surface area contributed by atoms with Crippen LogP contribution in [0.15, 0.2) is 0 Å². The summed E-state index contributed by atoms with van der Waals surface area (Å²) in [7, 11) is 0. The molecule has 16 heavy (non-hydrogen) atoms. The fraction of sp³-hybridized carbons (Fsp3) is 1.00. The SMILES string of the molecule is CC1CC[C@@]2(O)C(C)CC[C@@H]3[C@H](C12)C3(C)C. The summed E-state index contributed by atoms with van der Waals surface area (Å²) in [5.74, 6) is 3.55. The first-order valence-corrected chi connectivity index (χ1v) is 7.11. The van der Waals surface area contributed by atoms with Gasteiger partial charge < -0.3 is 5.11 Å². The van der Waals surface area contributed by atoms with E-state index in [2.05, 4.69) is 27.7 Å². The highest BCUT2D eigenvalue weighted by Gasteiger charge is 2.68. The van der Waals surface area contributed by atoms with Crippen LogP contribution in [-0.4, -0.2) is 10.7 Å². The van der Waals surface area contributed by atoms with Crippen LogP contribution in [-0.2, 0) is 0 Å². The predicted octanol–water partition coefficient (Wildman–Crippen LogP) is 3.47. The van der Waals surface area contributed by atoms with Gasteiger partial charge in [-0.15, -0.1) is 0 Å².